The summed E-state index contributed by atoms with van der Waals surface area (Å²) in [5.74, 6) is -1.70. The van der Waals surface area contributed by atoms with Crippen LogP contribution in [0.2, 0.25) is 0 Å². The molecule has 3 aromatic rings. The van der Waals surface area contributed by atoms with Gasteiger partial charge in [-0.05, 0) is 37.1 Å². The van der Waals surface area contributed by atoms with E-state index >= 15 is 0 Å². The lowest BCUT2D eigenvalue weighted by Crippen LogP contribution is -2.56. The molecule has 2 aliphatic rings. The fourth-order valence-corrected chi connectivity index (χ4v) is 6.06. The van der Waals surface area contributed by atoms with Gasteiger partial charge in [-0.2, -0.15) is 0 Å². The molecule has 0 radical (unpaired) electrons. The number of nitrogens with one attached hydrogen (secondary N) is 2. The van der Waals surface area contributed by atoms with Gasteiger partial charge in [0.15, 0.2) is 11.4 Å². The maximum Gasteiger partial charge on any atom is 0.311 e. The Kier molecular flexibility index (Phi) is 6.23. The van der Waals surface area contributed by atoms with E-state index in [1.54, 1.807) is 13.8 Å². The van der Waals surface area contributed by atoms with Crippen molar-refractivity contribution in [3.8, 4) is 5.75 Å². The molecule has 0 bridgehead atoms. The highest BCUT2D eigenvalue weighted by Gasteiger charge is 2.40. The first-order chi connectivity index (χ1) is 17.5. The molecular weight excluding hydrogens is 507 g/mol. The fraction of sp³-hybridized carbons (Fsp3) is 0.391. The fourth-order valence-electron chi connectivity index (χ4n) is 4.57. The highest BCUT2D eigenvalue weighted by Crippen LogP contribution is 2.35. The van der Waals surface area contributed by atoms with Crippen LogP contribution in [0.1, 0.15) is 39.0 Å². The van der Waals surface area contributed by atoms with Gasteiger partial charge in [-0.25, -0.2) is 17.5 Å². The summed E-state index contributed by atoms with van der Waals surface area (Å²) in [6, 6.07) is 3.51. The van der Waals surface area contributed by atoms with Gasteiger partial charge >= 0.3 is 11.8 Å². The van der Waals surface area contributed by atoms with Crippen LogP contribution >= 0.6 is 0 Å². The van der Waals surface area contributed by atoms with Gasteiger partial charge in [0.2, 0.25) is 15.9 Å². The minimum Gasteiger partial charge on any atom is -0.489 e. The third-order valence-corrected chi connectivity index (χ3v) is 8.01. The summed E-state index contributed by atoms with van der Waals surface area (Å²) in [6.45, 7) is 3.70. The Hall–Kier alpha value is -3.78. The van der Waals surface area contributed by atoms with Crippen molar-refractivity contribution >= 4 is 27.5 Å². The Morgan fingerprint density at radius 2 is 2.03 bits per heavy atom. The number of benzene rings is 1. The maximum atomic E-state index is 13.6. The first-order valence-corrected chi connectivity index (χ1v) is 13.0. The number of ether oxygens (including phenoxy) is 1. The molecule has 12 nitrogen and oxygen atoms in total. The number of carbonyl (C=O) groups excluding carboxylic acids is 2. The minimum atomic E-state index is -4.12. The summed E-state index contributed by atoms with van der Waals surface area (Å²) in [4.78, 5) is 27.2. The number of halogens is 1. The molecule has 0 saturated carbocycles. The zero-order chi connectivity index (χ0) is 26.5. The van der Waals surface area contributed by atoms with E-state index < -0.39 is 33.7 Å². The van der Waals surface area contributed by atoms with Crippen LogP contribution in [0.4, 0.5) is 10.1 Å². The van der Waals surface area contributed by atoms with Crippen molar-refractivity contribution < 1.29 is 31.6 Å². The Morgan fingerprint density at radius 1 is 1.24 bits per heavy atom. The minimum absolute atomic E-state index is 0.0141. The molecule has 0 aliphatic carbocycles. The molecular formula is C23H25FN6O6S. The summed E-state index contributed by atoms with van der Waals surface area (Å²) >= 11 is 0. The summed E-state index contributed by atoms with van der Waals surface area (Å²) in [5.41, 5.74) is 0.729. The van der Waals surface area contributed by atoms with Gasteiger partial charge in [0.25, 0.3) is 5.91 Å². The van der Waals surface area contributed by atoms with Crippen LogP contribution in [-0.2, 0) is 17.1 Å². The third-order valence-electron chi connectivity index (χ3n) is 6.52. The average Bonchev–Trinajstić information content (AvgIpc) is 3.42. The Morgan fingerprint density at radius 3 is 2.73 bits per heavy atom. The largest absolute Gasteiger partial charge is 0.489 e. The van der Waals surface area contributed by atoms with Crippen LogP contribution < -0.4 is 14.8 Å². The molecule has 196 valence electrons. The van der Waals surface area contributed by atoms with Gasteiger partial charge < -0.3 is 23.9 Å². The number of rotatable bonds is 3. The number of hydrogen-bond acceptors (Lipinski definition) is 8. The molecule has 0 unspecified atom stereocenters. The summed E-state index contributed by atoms with van der Waals surface area (Å²) in [6.07, 6.45) is 1.75. The van der Waals surface area contributed by atoms with Gasteiger partial charge in [0.05, 0.1) is 6.61 Å². The quantitative estimate of drug-likeness (QED) is 0.517. The lowest BCUT2D eigenvalue weighted by Gasteiger charge is -2.39. The molecule has 1 aromatic carbocycles. The standard InChI is InChI=1S/C23H25FN6O6S/c1-12-8-15(4-5-16(12)24)25-21(31)19-20-18(10-29(19)3)37(33,34)28-17-9-30(7-6-14(17)11-35-20)23(32)22-27-26-13(2)36-22/h4-5,8,10,14,17,28H,6-7,9,11H2,1-3H3,(H,25,31)/t14-,17+/m0/s1. The number of piperidine rings is 1. The molecule has 0 spiro atoms. The second kappa shape index (κ2) is 9.27. The number of likely N-dealkylation sites (tertiary alicyclic amines) is 1. The van der Waals surface area contributed by atoms with Crippen LogP contribution in [0, 0.1) is 25.6 Å². The Bertz CT molecular complexity index is 1500. The van der Waals surface area contributed by atoms with Gasteiger partial charge in [-0.1, -0.05) is 0 Å². The number of hydrogen-bond donors (Lipinski definition) is 2. The van der Waals surface area contributed by atoms with Crippen molar-refractivity contribution in [3.05, 3.63) is 53.3 Å². The normalized spacial score (nSPS) is 20.7. The third kappa shape index (κ3) is 4.69. The van der Waals surface area contributed by atoms with Gasteiger partial charge in [0.1, 0.15) is 10.7 Å². The molecule has 2 N–H and O–H groups in total. The molecule has 2 aromatic heterocycles. The zero-order valence-electron chi connectivity index (χ0n) is 20.3. The Labute approximate surface area is 211 Å². The highest BCUT2D eigenvalue weighted by molar-refractivity contribution is 7.89. The van der Waals surface area contributed by atoms with E-state index in [4.69, 9.17) is 9.15 Å². The van der Waals surface area contributed by atoms with Crippen molar-refractivity contribution in [3.63, 3.8) is 0 Å². The summed E-state index contributed by atoms with van der Waals surface area (Å²) in [5, 5.41) is 10.1. The van der Waals surface area contributed by atoms with Gasteiger partial charge in [0, 0.05) is 50.9 Å². The summed E-state index contributed by atoms with van der Waals surface area (Å²) < 4.78 is 55.6. The predicted octanol–water partition coefficient (Wildman–Crippen LogP) is 1.62. The van der Waals surface area contributed by atoms with E-state index in [0.29, 0.717) is 24.2 Å². The first kappa shape index (κ1) is 24.9. The molecule has 2 amide bonds. The van der Waals surface area contributed by atoms with Crippen LogP contribution in [0.3, 0.4) is 0 Å². The number of anilines is 1. The second-order valence-electron chi connectivity index (χ2n) is 9.17. The number of sulfonamides is 1. The van der Waals surface area contributed by atoms with Crippen molar-refractivity contribution in [1.29, 1.82) is 0 Å². The van der Waals surface area contributed by atoms with Crippen LogP contribution in [0.5, 0.6) is 5.75 Å². The molecule has 37 heavy (non-hydrogen) atoms. The van der Waals surface area contributed by atoms with Crippen molar-refractivity contribution in [2.24, 2.45) is 13.0 Å². The van der Waals surface area contributed by atoms with E-state index in [2.05, 4.69) is 20.2 Å². The lowest BCUT2D eigenvalue weighted by molar-refractivity contribution is 0.0562. The van der Waals surface area contributed by atoms with Crippen molar-refractivity contribution in [2.45, 2.75) is 31.2 Å². The van der Waals surface area contributed by atoms with Crippen LogP contribution in [0.15, 0.2) is 33.7 Å². The number of carbonyl (C=O) groups is 2. The number of nitrogens with zero attached hydrogens (tertiary/aromatic N) is 4. The number of aryl methyl sites for hydroxylation is 3. The van der Waals surface area contributed by atoms with E-state index in [9.17, 15) is 22.4 Å². The van der Waals surface area contributed by atoms with Crippen LogP contribution in [-0.4, -0.2) is 65.6 Å². The maximum absolute atomic E-state index is 13.6. The lowest BCUT2D eigenvalue weighted by atomic mass is 9.93. The van der Waals surface area contributed by atoms with Gasteiger partial charge in [-0.3, -0.25) is 9.59 Å². The molecule has 2 aliphatic heterocycles. The predicted molar refractivity (Wildman–Crippen MR) is 127 cm³/mol. The first-order valence-electron chi connectivity index (χ1n) is 11.5. The molecule has 1 saturated heterocycles. The van der Waals surface area contributed by atoms with Gasteiger partial charge in [-0.15, -0.1) is 10.2 Å². The number of fused-ring (bicyclic) bond motifs is 2. The van der Waals surface area contributed by atoms with Crippen molar-refractivity contribution in [2.75, 3.05) is 25.0 Å². The second-order valence-corrected chi connectivity index (χ2v) is 10.8. The van der Waals surface area contributed by atoms with E-state index in [1.807, 2.05) is 0 Å². The Balaban J connectivity index is 1.40. The van der Waals surface area contributed by atoms with E-state index in [-0.39, 0.29) is 47.2 Å². The highest BCUT2D eigenvalue weighted by atomic mass is 32.2. The zero-order valence-corrected chi connectivity index (χ0v) is 21.1. The molecule has 5 rings (SSSR count). The monoisotopic (exact) mass is 532 g/mol. The van der Waals surface area contributed by atoms with Crippen LogP contribution in [0.25, 0.3) is 0 Å². The topological polar surface area (TPSA) is 149 Å². The molecule has 4 heterocycles. The van der Waals surface area contributed by atoms with E-state index in [1.165, 1.54) is 40.9 Å². The van der Waals surface area contributed by atoms with E-state index in [0.717, 1.165) is 0 Å². The molecule has 1 fully saturated rings. The summed E-state index contributed by atoms with van der Waals surface area (Å²) in [7, 11) is -2.58. The molecule has 2 atom stereocenters. The number of amides is 2. The number of aromatic nitrogens is 3. The SMILES string of the molecule is Cc1nnc(C(=O)N2CC[C@H]3COc4c(cn(C)c4C(=O)Nc4ccc(F)c(C)c4)S(=O)(=O)N[C@@H]3C2)o1. The smallest absolute Gasteiger partial charge is 0.311 e. The molecule has 14 heteroatoms. The average molecular weight is 533 g/mol. The van der Waals surface area contributed by atoms with Crippen molar-refractivity contribution in [1.82, 2.24) is 24.4 Å².